The maximum Gasteiger partial charge on any atom is 0.231 e. The molecule has 2 aliphatic rings. The normalized spacial score (nSPS) is 19.9. The van der Waals surface area contributed by atoms with E-state index in [1.807, 2.05) is 59.1 Å². The number of halogens is 2. The smallest absolute Gasteiger partial charge is 0.231 e. The molecule has 39 heavy (non-hydrogen) atoms. The second-order valence-corrected chi connectivity index (χ2v) is 11.7. The van der Waals surface area contributed by atoms with Gasteiger partial charge in [0.05, 0.1) is 6.54 Å². The van der Waals surface area contributed by atoms with Gasteiger partial charge in [0.1, 0.15) is 11.6 Å². The van der Waals surface area contributed by atoms with Crippen LogP contribution in [0.3, 0.4) is 0 Å². The Morgan fingerprint density at radius 2 is 2.03 bits per heavy atom. The summed E-state index contributed by atoms with van der Waals surface area (Å²) in [7, 11) is 1.93. The Bertz CT molecular complexity index is 1510. The summed E-state index contributed by atoms with van der Waals surface area (Å²) in [6, 6.07) is 21.1. The summed E-state index contributed by atoms with van der Waals surface area (Å²) >= 11 is 7.77. The molecule has 0 saturated heterocycles. The van der Waals surface area contributed by atoms with E-state index in [-0.39, 0.29) is 29.6 Å². The molecule has 1 aromatic heterocycles. The highest BCUT2D eigenvalue weighted by molar-refractivity contribution is 7.97. The van der Waals surface area contributed by atoms with Crippen molar-refractivity contribution in [2.24, 2.45) is 13.0 Å². The molecule has 1 fully saturated rings. The summed E-state index contributed by atoms with van der Waals surface area (Å²) in [5.74, 6) is 0.234. The van der Waals surface area contributed by atoms with E-state index in [9.17, 15) is 9.18 Å². The number of nitrogens with zero attached hydrogens (tertiary/aromatic N) is 3. The Balaban J connectivity index is 1.28. The Hall–Kier alpha value is -3.13. The molecule has 0 radical (unpaired) electrons. The zero-order valence-corrected chi connectivity index (χ0v) is 23.3. The van der Waals surface area contributed by atoms with Crippen molar-refractivity contribution in [1.82, 2.24) is 14.3 Å². The lowest BCUT2D eigenvalue weighted by molar-refractivity contribution is -0.120. The zero-order valence-electron chi connectivity index (χ0n) is 21.7. The van der Waals surface area contributed by atoms with E-state index in [0.29, 0.717) is 23.6 Å². The van der Waals surface area contributed by atoms with Crippen LogP contribution in [0.2, 0.25) is 5.02 Å². The van der Waals surface area contributed by atoms with Gasteiger partial charge in [0.25, 0.3) is 0 Å². The van der Waals surface area contributed by atoms with Crippen LogP contribution in [0.4, 0.5) is 10.1 Å². The number of imidazole rings is 1. The average Bonchev–Trinajstić information content (AvgIpc) is 3.64. The minimum Gasteiger partial charge on any atom is -0.337 e. The lowest BCUT2D eigenvalue weighted by atomic mass is 9.87. The molecule has 1 saturated carbocycles. The molecule has 3 aromatic carbocycles. The van der Waals surface area contributed by atoms with Crippen LogP contribution in [-0.2, 0) is 24.8 Å². The summed E-state index contributed by atoms with van der Waals surface area (Å²) in [5, 5.41) is 0.713. The molecule has 1 N–H and O–H groups in total. The van der Waals surface area contributed by atoms with E-state index in [1.54, 1.807) is 30.3 Å². The van der Waals surface area contributed by atoms with Gasteiger partial charge in [-0.05, 0) is 96.6 Å². The van der Waals surface area contributed by atoms with Crippen LogP contribution < -0.4 is 9.62 Å². The largest absolute Gasteiger partial charge is 0.337 e. The molecule has 5 nitrogen and oxygen atoms in total. The number of aromatic nitrogens is 2. The molecule has 1 heterocycles. The molecular formula is C31H30ClFN4OS. The van der Waals surface area contributed by atoms with E-state index in [0.717, 1.165) is 35.7 Å². The van der Waals surface area contributed by atoms with Gasteiger partial charge in [-0.25, -0.2) is 9.37 Å². The minimum atomic E-state index is -0.245. The molecule has 0 aliphatic heterocycles. The fourth-order valence-corrected chi connectivity index (χ4v) is 6.63. The highest BCUT2D eigenvalue weighted by atomic mass is 35.5. The van der Waals surface area contributed by atoms with Gasteiger partial charge in [-0.15, -0.1) is 0 Å². The summed E-state index contributed by atoms with van der Waals surface area (Å²) in [4.78, 5) is 21.4. The van der Waals surface area contributed by atoms with Crippen molar-refractivity contribution in [3.63, 3.8) is 0 Å². The summed E-state index contributed by atoms with van der Waals surface area (Å²) in [5.41, 5.74) is 3.99. The molecule has 0 unspecified atom stereocenters. The van der Waals surface area contributed by atoms with Crippen LogP contribution in [-0.4, -0.2) is 15.5 Å². The first-order chi connectivity index (χ1) is 19.0. The average molecular weight is 561 g/mol. The van der Waals surface area contributed by atoms with Gasteiger partial charge >= 0.3 is 0 Å². The van der Waals surface area contributed by atoms with E-state index >= 15 is 0 Å². The number of benzene rings is 3. The minimum absolute atomic E-state index is 0.0137. The predicted molar refractivity (Wildman–Crippen MR) is 154 cm³/mol. The highest BCUT2D eigenvalue weighted by Crippen LogP contribution is 2.50. The second kappa shape index (κ2) is 11.2. The van der Waals surface area contributed by atoms with Gasteiger partial charge in [-0.2, -0.15) is 0 Å². The summed E-state index contributed by atoms with van der Waals surface area (Å²) < 4.78 is 20.1. The first-order valence-corrected chi connectivity index (χ1v) is 14.5. The third-order valence-corrected chi connectivity index (χ3v) is 8.90. The quantitative estimate of drug-likeness (QED) is 0.231. The Kier molecular flexibility index (Phi) is 7.47. The highest BCUT2D eigenvalue weighted by Gasteiger charge is 2.47. The van der Waals surface area contributed by atoms with Crippen molar-refractivity contribution < 1.29 is 9.18 Å². The van der Waals surface area contributed by atoms with Gasteiger partial charge in [0.15, 0.2) is 0 Å². The molecule has 4 aromatic rings. The lowest BCUT2D eigenvalue weighted by Gasteiger charge is -2.29. The maximum atomic E-state index is 14.5. The Morgan fingerprint density at radius 1 is 1.15 bits per heavy atom. The molecule has 200 valence electrons. The number of carbonyl (C=O) groups is 1. The number of hydrogen-bond acceptors (Lipinski definition) is 4. The SMILES string of the molecule is Cn1ccnc1CN(C(=O)[C@@H]1C[C@H]1c1ccccc1F)c1ccc2c(c1)[C@@H](NSc1cccc(Cl)c1)CCC2. The molecular weight excluding hydrogens is 531 g/mol. The first kappa shape index (κ1) is 26.1. The molecule has 2 aliphatic carbocycles. The van der Waals surface area contributed by atoms with Crippen LogP contribution >= 0.6 is 23.5 Å². The van der Waals surface area contributed by atoms with Crippen molar-refractivity contribution >= 4 is 35.1 Å². The van der Waals surface area contributed by atoms with E-state index in [1.165, 1.54) is 17.2 Å². The van der Waals surface area contributed by atoms with Crippen LogP contribution in [0.1, 0.15) is 53.7 Å². The number of nitrogens with one attached hydrogen (secondary N) is 1. The van der Waals surface area contributed by atoms with Crippen LogP contribution in [0, 0.1) is 11.7 Å². The van der Waals surface area contributed by atoms with Crippen molar-refractivity contribution in [2.75, 3.05) is 4.90 Å². The number of carbonyl (C=O) groups excluding carboxylic acids is 1. The van der Waals surface area contributed by atoms with Crippen LogP contribution in [0.25, 0.3) is 0 Å². The third kappa shape index (κ3) is 5.62. The standard InChI is InChI=1S/C31H30ClFN4OS/c1-36-15-14-34-30(36)19-37(31(38)27-18-26(27)24-9-2-3-10-28(24)33)22-13-12-20-6-4-11-29(25(20)17-22)35-39-23-8-5-7-21(32)16-23/h2-3,5,7-10,12-17,26-27,29,35H,4,6,11,18-19H2,1H3/t26-,27+,29-/m0/s1. The monoisotopic (exact) mass is 560 g/mol. The maximum absolute atomic E-state index is 14.5. The summed E-state index contributed by atoms with van der Waals surface area (Å²) in [6.45, 7) is 0.358. The number of amides is 1. The van der Waals surface area contributed by atoms with Gasteiger partial charge in [0, 0.05) is 47.0 Å². The third-order valence-electron chi connectivity index (χ3n) is 7.77. The fourth-order valence-electron chi connectivity index (χ4n) is 5.52. The van der Waals surface area contributed by atoms with Gasteiger partial charge < -0.3 is 9.47 Å². The number of hydrogen-bond donors (Lipinski definition) is 1. The molecule has 3 atom stereocenters. The van der Waals surface area contributed by atoms with Gasteiger partial charge in [0.2, 0.25) is 5.91 Å². The first-order valence-electron chi connectivity index (χ1n) is 13.3. The van der Waals surface area contributed by atoms with Crippen LogP contribution in [0.5, 0.6) is 0 Å². The molecule has 6 rings (SSSR count). The van der Waals surface area contributed by atoms with Crippen molar-refractivity contribution in [2.45, 2.75) is 49.1 Å². The van der Waals surface area contributed by atoms with Crippen molar-refractivity contribution in [3.8, 4) is 0 Å². The van der Waals surface area contributed by atoms with Crippen LogP contribution in [0.15, 0.2) is 84.0 Å². The number of aryl methyl sites for hydroxylation is 2. The fraction of sp³-hybridized carbons (Fsp3) is 0.290. The van der Waals surface area contributed by atoms with Crippen molar-refractivity contribution in [3.05, 3.63) is 112 Å². The molecule has 8 heteroatoms. The van der Waals surface area contributed by atoms with E-state index in [4.69, 9.17) is 11.6 Å². The summed E-state index contributed by atoms with van der Waals surface area (Å²) in [6.07, 6.45) is 7.41. The van der Waals surface area contributed by atoms with Crippen molar-refractivity contribution in [1.29, 1.82) is 0 Å². The van der Waals surface area contributed by atoms with Gasteiger partial charge in [-0.1, -0.05) is 41.9 Å². The number of fused-ring (bicyclic) bond motifs is 1. The molecule has 1 amide bonds. The van der Waals surface area contributed by atoms with Gasteiger partial charge in [-0.3, -0.25) is 9.52 Å². The Morgan fingerprint density at radius 3 is 2.82 bits per heavy atom. The molecule has 0 bridgehead atoms. The number of anilines is 1. The van der Waals surface area contributed by atoms with E-state index in [2.05, 4.69) is 21.8 Å². The molecule has 0 spiro atoms. The Labute approximate surface area is 237 Å². The number of rotatable bonds is 8. The second-order valence-electron chi connectivity index (χ2n) is 10.4. The topological polar surface area (TPSA) is 50.2 Å². The predicted octanol–water partition coefficient (Wildman–Crippen LogP) is 7.22. The zero-order chi connectivity index (χ0) is 26.9. The lowest BCUT2D eigenvalue weighted by Crippen LogP contribution is -2.33. The van der Waals surface area contributed by atoms with E-state index < -0.39 is 0 Å².